The van der Waals surface area contributed by atoms with Gasteiger partial charge in [0.1, 0.15) is 17.9 Å². The van der Waals surface area contributed by atoms with Crippen LogP contribution in [0.5, 0.6) is 5.75 Å². The summed E-state index contributed by atoms with van der Waals surface area (Å²) in [6.45, 7) is 1.85. The van der Waals surface area contributed by atoms with Crippen LogP contribution in [-0.4, -0.2) is 29.4 Å². The number of hydrogen-bond acceptors (Lipinski definition) is 3. The van der Waals surface area contributed by atoms with Crippen LogP contribution in [0.25, 0.3) is 10.9 Å². The molecule has 16 heavy (non-hydrogen) atoms. The van der Waals surface area contributed by atoms with Gasteiger partial charge in [-0.3, -0.25) is 5.10 Å². The highest BCUT2D eigenvalue weighted by Crippen LogP contribution is 2.23. The van der Waals surface area contributed by atoms with Crippen molar-refractivity contribution in [1.82, 2.24) is 15.5 Å². The van der Waals surface area contributed by atoms with Gasteiger partial charge in [0.2, 0.25) is 0 Å². The van der Waals surface area contributed by atoms with E-state index in [2.05, 4.69) is 15.5 Å². The van der Waals surface area contributed by atoms with Crippen LogP contribution in [0.3, 0.4) is 0 Å². The molecule has 1 atom stereocenters. The molecular formula is C12H15N3O. The molecule has 3 rings (SSSR count). The highest BCUT2D eigenvalue weighted by molar-refractivity contribution is 5.83. The Balaban J connectivity index is 1.75. The van der Waals surface area contributed by atoms with E-state index in [1.165, 1.54) is 12.8 Å². The maximum atomic E-state index is 5.83. The molecule has 0 saturated carbocycles. The number of aromatic amines is 1. The summed E-state index contributed by atoms with van der Waals surface area (Å²) >= 11 is 0. The number of benzene rings is 1. The molecule has 1 fully saturated rings. The number of para-hydroxylation sites is 1. The third-order valence-corrected chi connectivity index (χ3v) is 3.04. The third kappa shape index (κ3) is 1.76. The first kappa shape index (κ1) is 9.66. The monoisotopic (exact) mass is 217 g/mol. The SMILES string of the molecule is c1cc(OCC2CCCN2)c2[nH]ncc2c1. The predicted octanol–water partition coefficient (Wildman–Crippen LogP) is 1.69. The second-order valence-electron chi connectivity index (χ2n) is 4.19. The summed E-state index contributed by atoms with van der Waals surface area (Å²) in [5.41, 5.74) is 0.987. The molecule has 1 aliphatic rings. The van der Waals surface area contributed by atoms with Crippen molar-refractivity contribution in [2.24, 2.45) is 0 Å². The zero-order chi connectivity index (χ0) is 10.8. The Hall–Kier alpha value is -1.55. The lowest BCUT2D eigenvalue weighted by Gasteiger charge is -2.12. The predicted molar refractivity (Wildman–Crippen MR) is 62.6 cm³/mol. The summed E-state index contributed by atoms with van der Waals surface area (Å²) in [7, 11) is 0. The fraction of sp³-hybridized carbons (Fsp3) is 0.417. The molecule has 1 aromatic carbocycles. The number of aromatic nitrogens is 2. The van der Waals surface area contributed by atoms with Gasteiger partial charge >= 0.3 is 0 Å². The van der Waals surface area contributed by atoms with Crippen molar-refractivity contribution in [3.05, 3.63) is 24.4 Å². The van der Waals surface area contributed by atoms with E-state index in [9.17, 15) is 0 Å². The van der Waals surface area contributed by atoms with Crippen LogP contribution in [0.1, 0.15) is 12.8 Å². The zero-order valence-corrected chi connectivity index (χ0v) is 9.07. The zero-order valence-electron chi connectivity index (χ0n) is 9.07. The van der Waals surface area contributed by atoms with Crippen molar-refractivity contribution in [2.75, 3.05) is 13.2 Å². The third-order valence-electron chi connectivity index (χ3n) is 3.04. The lowest BCUT2D eigenvalue weighted by Crippen LogP contribution is -2.28. The fourth-order valence-corrected chi connectivity index (χ4v) is 2.15. The van der Waals surface area contributed by atoms with E-state index in [0.717, 1.165) is 29.8 Å². The van der Waals surface area contributed by atoms with Crippen molar-refractivity contribution < 1.29 is 4.74 Å². The normalized spacial score (nSPS) is 20.4. The van der Waals surface area contributed by atoms with E-state index in [1.54, 1.807) is 0 Å². The minimum absolute atomic E-state index is 0.498. The van der Waals surface area contributed by atoms with E-state index in [1.807, 2.05) is 24.4 Å². The Bertz CT molecular complexity index is 474. The lowest BCUT2D eigenvalue weighted by molar-refractivity contribution is 0.280. The summed E-state index contributed by atoms with van der Waals surface area (Å²) in [6, 6.07) is 6.50. The summed E-state index contributed by atoms with van der Waals surface area (Å²) in [5.74, 6) is 0.892. The number of H-pyrrole nitrogens is 1. The van der Waals surface area contributed by atoms with Gasteiger partial charge in [-0.2, -0.15) is 5.10 Å². The lowest BCUT2D eigenvalue weighted by atomic mass is 10.2. The van der Waals surface area contributed by atoms with E-state index >= 15 is 0 Å². The molecule has 84 valence electrons. The van der Waals surface area contributed by atoms with E-state index in [0.29, 0.717) is 6.04 Å². The van der Waals surface area contributed by atoms with E-state index < -0.39 is 0 Å². The van der Waals surface area contributed by atoms with Crippen LogP contribution in [0.4, 0.5) is 0 Å². The Morgan fingerprint density at radius 3 is 3.31 bits per heavy atom. The molecule has 1 unspecified atom stereocenters. The quantitative estimate of drug-likeness (QED) is 0.822. The molecule has 0 aliphatic carbocycles. The number of nitrogens with zero attached hydrogens (tertiary/aromatic N) is 1. The van der Waals surface area contributed by atoms with Gasteiger partial charge in [0, 0.05) is 11.4 Å². The molecule has 2 heterocycles. The molecule has 0 bridgehead atoms. The molecule has 1 aromatic heterocycles. The Morgan fingerprint density at radius 1 is 1.44 bits per heavy atom. The van der Waals surface area contributed by atoms with E-state index in [-0.39, 0.29) is 0 Å². The highest BCUT2D eigenvalue weighted by Gasteiger charge is 2.15. The number of hydrogen-bond donors (Lipinski definition) is 2. The number of ether oxygens (including phenoxy) is 1. The van der Waals surface area contributed by atoms with Crippen LogP contribution in [-0.2, 0) is 0 Å². The highest BCUT2D eigenvalue weighted by atomic mass is 16.5. The maximum absolute atomic E-state index is 5.83. The standard InChI is InChI=1S/C12H15N3O/c1-3-9-7-14-15-12(9)11(5-1)16-8-10-4-2-6-13-10/h1,3,5,7,10,13H,2,4,6,8H2,(H,14,15). The minimum atomic E-state index is 0.498. The van der Waals surface area contributed by atoms with Crippen molar-refractivity contribution in [1.29, 1.82) is 0 Å². The van der Waals surface area contributed by atoms with E-state index in [4.69, 9.17) is 4.74 Å². The van der Waals surface area contributed by atoms with Crippen LogP contribution in [0.2, 0.25) is 0 Å². The first-order valence-electron chi connectivity index (χ1n) is 5.72. The van der Waals surface area contributed by atoms with Gasteiger partial charge in [-0.25, -0.2) is 0 Å². The van der Waals surface area contributed by atoms with Crippen LogP contribution >= 0.6 is 0 Å². The molecule has 0 spiro atoms. The fourth-order valence-electron chi connectivity index (χ4n) is 2.15. The summed E-state index contributed by atoms with van der Waals surface area (Å²) in [5, 5.41) is 11.5. The molecule has 4 heteroatoms. The summed E-state index contributed by atoms with van der Waals surface area (Å²) in [6.07, 6.45) is 4.28. The van der Waals surface area contributed by atoms with Crippen molar-refractivity contribution in [3.8, 4) is 5.75 Å². The average Bonchev–Trinajstić information content (AvgIpc) is 2.97. The molecule has 2 N–H and O–H groups in total. The molecule has 0 radical (unpaired) electrons. The largest absolute Gasteiger partial charge is 0.490 e. The smallest absolute Gasteiger partial charge is 0.145 e. The Kier molecular flexibility index (Phi) is 2.50. The van der Waals surface area contributed by atoms with Crippen molar-refractivity contribution in [2.45, 2.75) is 18.9 Å². The molecule has 4 nitrogen and oxygen atoms in total. The Labute approximate surface area is 94.0 Å². The Morgan fingerprint density at radius 2 is 2.44 bits per heavy atom. The number of fused-ring (bicyclic) bond motifs is 1. The van der Waals surface area contributed by atoms with Gasteiger partial charge < -0.3 is 10.1 Å². The van der Waals surface area contributed by atoms with Gasteiger partial charge in [-0.1, -0.05) is 12.1 Å². The van der Waals surface area contributed by atoms with Gasteiger partial charge in [0.25, 0.3) is 0 Å². The first-order valence-corrected chi connectivity index (χ1v) is 5.72. The first-order chi connectivity index (χ1) is 7.93. The molecule has 2 aromatic rings. The second-order valence-corrected chi connectivity index (χ2v) is 4.19. The second kappa shape index (κ2) is 4.14. The van der Waals surface area contributed by atoms with Gasteiger partial charge in [-0.15, -0.1) is 0 Å². The molecular weight excluding hydrogens is 202 g/mol. The number of rotatable bonds is 3. The van der Waals surface area contributed by atoms with Crippen LogP contribution in [0, 0.1) is 0 Å². The van der Waals surface area contributed by atoms with Gasteiger partial charge in [0.15, 0.2) is 0 Å². The summed E-state index contributed by atoms with van der Waals surface area (Å²) in [4.78, 5) is 0. The molecule has 0 amide bonds. The van der Waals surface area contributed by atoms with Crippen molar-refractivity contribution in [3.63, 3.8) is 0 Å². The summed E-state index contributed by atoms with van der Waals surface area (Å²) < 4.78 is 5.83. The van der Waals surface area contributed by atoms with Crippen LogP contribution < -0.4 is 10.1 Å². The molecule has 1 saturated heterocycles. The van der Waals surface area contributed by atoms with Crippen LogP contribution in [0.15, 0.2) is 24.4 Å². The topological polar surface area (TPSA) is 49.9 Å². The van der Waals surface area contributed by atoms with Gasteiger partial charge in [0.05, 0.1) is 6.20 Å². The average molecular weight is 217 g/mol. The number of nitrogens with one attached hydrogen (secondary N) is 2. The molecule has 1 aliphatic heterocycles. The van der Waals surface area contributed by atoms with Gasteiger partial charge in [-0.05, 0) is 25.5 Å². The van der Waals surface area contributed by atoms with Crippen molar-refractivity contribution >= 4 is 10.9 Å². The minimum Gasteiger partial charge on any atom is -0.490 e. The maximum Gasteiger partial charge on any atom is 0.145 e.